The van der Waals surface area contributed by atoms with Gasteiger partial charge in [-0.1, -0.05) is 6.07 Å². The van der Waals surface area contributed by atoms with E-state index in [0.717, 1.165) is 39.1 Å². The molecule has 0 unspecified atom stereocenters. The van der Waals surface area contributed by atoms with Gasteiger partial charge in [-0.3, -0.25) is 14.5 Å². The number of hydrogen-bond donors (Lipinski definition) is 1. The van der Waals surface area contributed by atoms with Crippen LogP contribution in [0.15, 0.2) is 48.7 Å². The predicted octanol–water partition coefficient (Wildman–Crippen LogP) is 3.58. The van der Waals surface area contributed by atoms with Gasteiger partial charge >= 0.3 is 0 Å². The second-order valence-corrected chi connectivity index (χ2v) is 8.85. The lowest BCUT2D eigenvalue weighted by Gasteiger charge is -2.30. The first kappa shape index (κ1) is 21.7. The Bertz CT molecular complexity index is 1470. The average molecular weight is 453 g/mol. The van der Waals surface area contributed by atoms with E-state index in [2.05, 4.69) is 21.5 Å². The number of aryl methyl sites for hydroxylation is 2. The largest absolute Gasteiger partial charge is 0.375 e. The normalized spacial score (nSPS) is 17.2. The van der Waals surface area contributed by atoms with Gasteiger partial charge in [0.2, 0.25) is 0 Å². The van der Waals surface area contributed by atoms with E-state index in [4.69, 9.17) is 9.72 Å². The molecule has 4 heterocycles. The molecule has 0 radical (unpaired) electrons. The van der Waals surface area contributed by atoms with E-state index >= 15 is 0 Å². The first-order chi connectivity index (χ1) is 16.4. The van der Waals surface area contributed by atoms with Gasteiger partial charge in [0, 0.05) is 24.2 Å². The lowest BCUT2D eigenvalue weighted by Crippen LogP contribution is -2.33. The minimum absolute atomic E-state index is 0.219. The van der Waals surface area contributed by atoms with Crippen molar-refractivity contribution in [3.63, 3.8) is 0 Å². The van der Waals surface area contributed by atoms with Crippen LogP contribution in [0.4, 0.5) is 0 Å². The van der Waals surface area contributed by atoms with E-state index in [1.807, 2.05) is 55.9 Å². The Hall–Kier alpha value is -4.09. The highest BCUT2D eigenvalue weighted by molar-refractivity contribution is 5.94. The molecular weight excluding hydrogens is 428 g/mol. The van der Waals surface area contributed by atoms with Gasteiger partial charge in [0.25, 0.3) is 5.91 Å². The smallest absolute Gasteiger partial charge is 0.251 e. The van der Waals surface area contributed by atoms with Crippen LogP contribution >= 0.6 is 0 Å². The maximum absolute atomic E-state index is 12.9. The fraction of sp³-hybridized carbons (Fsp3) is 0.269. The highest BCUT2D eigenvalue weighted by Gasteiger charge is 2.33. The van der Waals surface area contributed by atoms with E-state index in [9.17, 15) is 10.1 Å². The Labute approximate surface area is 197 Å². The summed E-state index contributed by atoms with van der Waals surface area (Å²) in [7, 11) is 1.90. The SMILES string of the molecule is Cc1cc(-c2ccc3cnc(CNC(=O)c4ccc5c(c4)[C@](C)(C#N)COC5)cc3n2)n(C)n1. The number of carbonyl (C=O) groups is 1. The molecule has 4 aromatic rings. The molecule has 1 aliphatic heterocycles. The number of amides is 1. The van der Waals surface area contributed by atoms with Gasteiger partial charge in [-0.05, 0) is 61.4 Å². The minimum atomic E-state index is -0.764. The third-order valence-electron chi connectivity index (χ3n) is 6.19. The Morgan fingerprint density at radius 2 is 2.12 bits per heavy atom. The standard InChI is InChI=1S/C26H24N6O2/c1-16-8-24(32(3)31-16)22-7-6-18-11-28-20(10-23(18)30-22)12-29-25(33)17-4-5-19-13-34-15-26(2,14-27)21(19)9-17/h4-11H,12-13,15H2,1-3H3,(H,29,33)/t26-/m1/s1. The van der Waals surface area contributed by atoms with Gasteiger partial charge in [-0.2, -0.15) is 10.4 Å². The number of pyridine rings is 2. The summed E-state index contributed by atoms with van der Waals surface area (Å²) in [4.78, 5) is 22.1. The quantitative estimate of drug-likeness (QED) is 0.507. The van der Waals surface area contributed by atoms with Crippen LogP contribution in [0.1, 0.15) is 39.8 Å². The van der Waals surface area contributed by atoms with E-state index < -0.39 is 5.41 Å². The molecule has 0 saturated carbocycles. The number of nitrogens with zero attached hydrogens (tertiary/aromatic N) is 5. The molecule has 0 fully saturated rings. The number of aromatic nitrogens is 4. The molecule has 1 aromatic carbocycles. The predicted molar refractivity (Wildman–Crippen MR) is 127 cm³/mol. The van der Waals surface area contributed by atoms with E-state index in [1.165, 1.54) is 0 Å². The molecule has 1 amide bonds. The number of nitriles is 1. The fourth-order valence-electron chi connectivity index (χ4n) is 4.31. The first-order valence-electron chi connectivity index (χ1n) is 11.0. The molecule has 170 valence electrons. The molecule has 1 N–H and O–H groups in total. The average Bonchev–Trinajstić information content (AvgIpc) is 3.19. The number of carbonyl (C=O) groups excluding carboxylic acids is 1. The van der Waals surface area contributed by atoms with Gasteiger partial charge in [-0.25, -0.2) is 4.98 Å². The van der Waals surface area contributed by atoms with Crippen molar-refractivity contribution in [2.45, 2.75) is 32.4 Å². The maximum atomic E-state index is 12.9. The Morgan fingerprint density at radius 3 is 2.88 bits per heavy atom. The monoisotopic (exact) mass is 452 g/mol. The molecule has 0 saturated heterocycles. The van der Waals surface area contributed by atoms with Crippen molar-refractivity contribution in [1.29, 1.82) is 5.26 Å². The zero-order chi connectivity index (χ0) is 23.9. The van der Waals surface area contributed by atoms with Gasteiger partial charge in [0.1, 0.15) is 5.41 Å². The molecule has 1 aliphatic rings. The van der Waals surface area contributed by atoms with Crippen LogP contribution in [-0.2, 0) is 30.4 Å². The summed E-state index contributed by atoms with van der Waals surface area (Å²) < 4.78 is 7.36. The van der Waals surface area contributed by atoms with Crippen molar-refractivity contribution in [1.82, 2.24) is 25.1 Å². The van der Waals surface area contributed by atoms with Crippen molar-refractivity contribution >= 4 is 16.8 Å². The first-order valence-corrected chi connectivity index (χ1v) is 11.0. The lowest BCUT2D eigenvalue weighted by atomic mass is 9.79. The van der Waals surface area contributed by atoms with Gasteiger partial charge in [-0.15, -0.1) is 0 Å². The summed E-state index contributed by atoms with van der Waals surface area (Å²) in [5.41, 5.74) is 5.74. The zero-order valence-corrected chi connectivity index (χ0v) is 19.3. The Kier molecular flexibility index (Phi) is 5.34. The van der Waals surface area contributed by atoms with Gasteiger partial charge in [0.05, 0.1) is 54.1 Å². The minimum Gasteiger partial charge on any atom is -0.375 e. The van der Waals surface area contributed by atoms with Crippen molar-refractivity contribution in [3.8, 4) is 17.5 Å². The second-order valence-electron chi connectivity index (χ2n) is 8.85. The number of nitrogens with one attached hydrogen (secondary N) is 1. The van der Waals surface area contributed by atoms with Crippen LogP contribution in [0.3, 0.4) is 0 Å². The van der Waals surface area contributed by atoms with Crippen LogP contribution in [0.2, 0.25) is 0 Å². The molecule has 0 spiro atoms. The molecule has 3 aromatic heterocycles. The summed E-state index contributed by atoms with van der Waals surface area (Å²) in [6.07, 6.45) is 1.76. The Morgan fingerprint density at radius 1 is 1.26 bits per heavy atom. The van der Waals surface area contributed by atoms with Crippen LogP contribution < -0.4 is 5.32 Å². The van der Waals surface area contributed by atoms with Crippen molar-refractivity contribution in [3.05, 3.63) is 76.7 Å². The number of benzene rings is 1. The van der Waals surface area contributed by atoms with Crippen molar-refractivity contribution < 1.29 is 9.53 Å². The zero-order valence-electron chi connectivity index (χ0n) is 19.3. The summed E-state index contributed by atoms with van der Waals surface area (Å²) >= 11 is 0. The Balaban J connectivity index is 1.36. The van der Waals surface area contributed by atoms with Crippen molar-refractivity contribution in [2.75, 3.05) is 6.61 Å². The fourth-order valence-corrected chi connectivity index (χ4v) is 4.31. The van der Waals surface area contributed by atoms with Crippen LogP contribution in [0, 0.1) is 18.3 Å². The van der Waals surface area contributed by atoms with Gasteiger partial charge < -0.3 is 10.1 Å². The number of hydrogen-bond acceptors (Lipinski definition) is 6. The maximum Gasteiger partial charge on any atom is 0.251 e. The van der Waals surface area contributed by atoms with E-state index in [-0.39, 0.29) is 12.5 Å². The summed E-state index contributed by atoms with van der Waals surface area (Å²) in [5, 5.41) is 17.9. The molecule has 0 bridgehead atoms. The van der Waals surface area contributed by atoms with E-state index in [1.54, 1.807) is 18.3 Å². The van der Waals surface area contributed by atoms with Crippen LogP contribution in [-0.4, -0.2) is 32.3 Å². The third-order valence-corrected chi connectivity index (χ3v) is 6.19. The number of rotatable bonds is 4. The van der Waals surface area contributed by atoms with Crippen LogP contribution in [0.5, 0.6) is 0 Å². The summed E-state index contributed by atoms with van der Waals surface area (Å²) in [6.45, 7) is 4.81. The molecule has 5 rings (SSSR count). The summed E-state index contributed by atoms with van der Waals surface area (Å²) in [6, 6.07) is 15.6. The molecular formula is C26H24N6O2. The van der Waals surface area contributed by atoms with Crippen LogP contribution in [0.25, 0.3) is 22.3 Å². The highest BCUT2D eigenvalue weighted by atomic mass is 16.5. The van der Waals surface area contributed by atoms with E-state index in [0.29, 0.717) is 24.5 Å². The molecule has 1 atom stereocenters. The molecule has 8 nitrogen and oxygen atoms in total. The third kappa shape index (κ3) is 3.91. The highest BCUT2D eigenvalue weighted by Crippen LogP contribution is 2.32. The molecule has 34 heavy (non-hydrogen) atoms. The number of fused-ring (bicyclic) bond motifs is 2. The molecule has 8 heteroatoms. The van der Waals surface area contributed by atoms with Gasteiger partial charge in [0.15, 0.2) is 0 Å². The van der Waals surface area contributed by atoms with Crippen molar-refractivity contribution in [2.24, 2.45) is 7.05 Å². The second kappa shape index (κ2) is 8.36. The number of ether oxygens (including phenoxy) is 1. The molecule has 0 aliphatic carbocycles. The summed E-state index contributed by atoms with van der Waals surface area (Å²) in [5.74, 6) is -0.219. The lowest BCUT2D eigenvalue weighted by molar-refractivity contribution is 0.0757. The topological polar surface area (TPSA) is 106 Å².